The summed E-state index contributed by atoms with van der Waals surface area (Å²) in [6.07, 6.45) is 1.24. The highest BCUT2D eigenvalue weighted by Gasteiger charge is 2.24. The molecule has 2 N–H and O–H groups in total. The maximum atomic E-state index is 11.8. The SMILES string of the molecule is Cc1cccc(C(NC(=O)CCCS(C)(=O)=O)C(=O)O)c1C. The van der Waals surface area contributed by atoms with E-state index in [1.807, 2.05) is 13.0 Å². The van der Waals surface area contributed by atoms with Crippen molar-refractivity contribution in [2.45, 2.75) is 32.7 Å². The van der Waals surface area contributed by atoms with Crippen LogP contribution in [0.3, 0.4) is 0 Å². The van der Waals surface area contributed by atoms with E-state index >= 15 is 0 Å². The molecule has 1 aromatic carbocycles. The fraction of sp³-hybridized carbons (Fsp3) is 0.467. The summed E-state index contributed by atoms with van der Waals surface area (Å²) in [4.78, 5) is 23.3. The van der Waals surface area contributed by atoms with Gasteiger partial charge in [-0.3, -0.25) is 4.79 Å². The van der Waals surface area contributed by atoms with Crippen LogP contribution in [0.15, 0.2) is 18.2 Å². The highest BCUT2D eigenvalue weighted by molar-refractivity contribution is 7.90. The zero-order chi connectivity index (χ0) is 16.9. The fourth-order valence-corrected chi connectivity index (χ4v) is 2.76. The molecule has 122 valence electrons. The molecule has 6 nitrogen and oxygen atoms in total. The summed E-state index contributed by atoms with van der Waals surface area (Å²) in [5, 5.41) is 11.8. The molecule has 0 aromatic heterocycles. The summed E-state index contributed by atoms with van der Waals surface area (Å²) < 4.78 is 22.0. The molecule has 0 saturated heterocycles. The van der Waals surface area contributed by atoms with E-state index in [1.54, 1.807) is 19.1 Å². The number of benzene rings is 1. The van der Waals surface area contributed by atoms with Crippen molar-refractivity contribution in [1.29, 1.82) is 0 Å². The number of rotatable bonds is 7. The van der Waals surface area contributed by atoms with Crippen LogP contribution in [0.1, 0.15) is 35.6 Å². The maximum Gasteiger partial charge on any atom is 0.330 e. The Balaban J connectivity index is 2.79. The first-order valence-corrected chi connectivity index (χ1v) is 8.94. The van der Waals surface area contributed by atoms with Gasteiger partial charge in [0.2, 0.25) is 5.91 Å². The largest absolute Gasteiger partial charge is 0.479 e. The zero-order valence-corrected chi connectivity index (χ0v) is 13.7. The quantitative estimate of drug-likeness (QED) is 0.788. The Kier molecular flexibility index (Phi) is 6.11. The van der Waals surface area contributed by atoms with Gasteiger partial charge in [-0.1, -0.05) is 18.2 Å². The van der Waals surface area contributed by atoms with Gasteiger partial charge >= 0.3 is 5.97 Å². The van der Waals surface area contributed by atoms with E-state index in [9.17, 15) is 23.1 Å². The Hall–Kier alpha value is -1.89. The highest BCUT2D eigenvalue weighted by Crippen LogP contribution is 2.21. The molecule has 7 heteroatoms. The van der Waals surface area contributed by atoms with E-state index < -0.39 is 27.8 Å². The topological polar surface area (TPSA) is 101 Å². The first kappa shape index (κ1) is 18.2. The van der Waals surface area contributed by atoms with Crippen LogP contribution in [0.5, 0.6) is 0 Å². The van der Waals surface area contributed by atoms with E-state index in [4.69, 9.17) is 0 Å². The van der Waals surface area contributed by atoms with Crippen LogP contribution in [-0.4, -0.2) is 37.4 Å². The first-order valence-electron chi connectivity index (χ1n) is 6.88. The van der Waals surface area contributed by atoms with Crippen molar-refractivity contribution in [2.75, 3.05) is 12.0 Å². The Morgan fingerprint density at radius 1 is 1.27 bits per heavy atom. The summed E-state index contributed by atoms with van der Waals surface area (Å²) >= 11 is 0. The second-order valence-corrected chi connectivity index (χ2v) is 7.62. The number of hydrogen-bond acceptors (Lipinski definition) is 4. The van der Waals surface area contributed by atoms with E-state index in [-0.39, 0.29) is 18.6 Å². The summed E-state index contributed by atoms with van der Waals surface area (Å²) in [7, 11) is -3.13. The van der Waals surface area contributed by atoms with Crippen molar-refractivity contribution in [3.05, 3.63) is 34.9 Å². The van der Waals surface area contributed by atoms with Crippen molar-refractivity contribution >= 4 is 21.7 Å². The minimum Gasteiger partial charge on any atom is -0.479 e. The Morgan fingerprint density at radius 3 is 2.45 bits per heavy atom. The molecule has 0 heterocycles. The third-order valence-corrected chi connectivity index (χ3v) is 4.46. The summed E-state index contributed by atoms with van der Waals surface area (Å²) in [5.41, 5.74) is 2.28. The number of carbonyl (C=O) groups excluding carboxylic acids is 1. The lowest BCUT2D eigenvalue weighted by molar-refractivity contribution is -0.142. The smallest absolute Gasteiger partial charge is 0.330 e. The molecular weight excluding hydrogens is 306 g/mol. The minimum absolute atomic E-state index is 0.0261. The molecule has 0 aliphatic carbocycles. The third-order valence-electron chi connectivity index (χ3n) is 3.43. The van der Waals surface area contributed by atoms with Crippen molar-refractivity contribution < 1.29 is 23.1 Å². The van der Waals surface area contributed by atoms with Crippen LogP contribution in [0.4, 0.5) is 0 Å². The number of carbonyl (C=O) groups is 2. The molecule has 0 spiro atoms. The van der Waals surface area contributed by atoms with Crippen LogP contribution in [-0.2, 0) is 19.4 Å². The van der Waals surface area contributed by atoms with Crippen LogP contribution in [0.25, 0.3) is 0 Å². The monoisotopic (exact) mass is 327 g/mol. The molecule has 0 aliphatic rings. The first-order chi connectivity index (χ1) is 10.1. The summed E-state index contributed by atoms with van der Waals surface area (Å²) in [5.74, 6) is -1.72. The molecule has 1 atom stereocenters. The highest BCUT2D eigenvalue weighted by atomic mass is 32.2. The summed E-state index contributed by atoms with van der Waals surface area (Å²) in [6.45, 7) is 3.67. The van der Waals surface area contributed by atoms with Gasteiger partial charge in [-0.2, -0.15) is 0 Å². The average molecular weight is 327 g/mol. The van der Waals surface area contributed by atoms with Crippen LogP contribution in [0.2, 0.25) is 0 Å². The number of aryl methyl sites for hydroxylation is 1. The van der Waals surface area contributed by atoms with Gasteiger partial charge in [0.25, 0.3) is 0 Å². The van der Waals surface area contributed by atoms with Gasteiger partial charge in [0.15, 0.2) is 6.04 Å². The second kappa shape index (κ2) is 7.40. The molecule has 1 amide bonds. The van der Waals surface area contributed by atoms with Gasteiger partial charge in [-0.25, -0.2) is 13.2 Å². The predicted molar refractivity (Wildman–Crippen MR) is 83.4 cm³/mol. The molecule has 1 unspecified atom stereocenters. The number of amides is 1. The van der Waals surface area contributed by atoms with Crippen molar-refractivity contribution in [3.8, 4) is 0 Å². The van der Waals surface area contributed by atoms with E-state index in [0.717, 1.165) is 17.4 Å². The predicted octanol–water partition coefficient (Wildman–Crippen LogP) is 1.37. The molecule has 0 radical (unpaired) electrons. The van der Waals surface area contributed by atoms with Crippen LogP contribution in [0, 0.1) is 13.8 Å². The number of aliphatic carboxylic acids is 1. The minimum atomic E-state index is -3.13. The average Bonchev–Trinajstić information content (AvgIpc) is 2.38. The molecule has 0 aliphatic heterocycles. The van der Waals surface area contributed by atoms with E-state index in [2.05, 4.69) is 5.32 Å². The number of sulfone groups is 1. The Morgan fingerprint density at radius 2 is 1.91 bits per heavy atom. The lowest BCUT2D eigenvalue weighted by Gasteiger charge is -2.18. The lowest BCUT2D eigenvalue weighted by atomic mass is 9.97. The molecule has 1 rings (SSSR count). The molecule has 0 saturated carbocycles. The van der Waals surface area contributed by atoms with Crippen molar-refractivity contribution in [2.24, 2.45) is 0 Å². The van der Waals surface area contributed by atoms with Gasteiger partial charge in [0.1, 0.15) is 9.84 Å². The third kappa shape index (κ3) is 5.48. The van der Waals surface area contributed by atoms with Gasteiger partial charge in [0, 0.05) is 12.7 Å². The maximum absolute atomic E-state index is 11.8. The normalized spacial score (nSPS) is 12.7. The number of hydrogen-bond donors (Lipinski definition) is 2. The van der Waals surface area contributed by atoms with Crippen molar-refractivity contribution in [1.82, 2.24) is 5.32 Å². The zero-order valence-electron chi connectivity index (χ0n) is 12.9. The van der Waals surface area contributed by atoms with E-state index in [1.165, 1.54) is 0 Å². The van der Waals surface area contributed by atoms with Crippen molar-refractivity contribution in [3.63, 3.8) is 0 Å². The molecule has 1 aromatic rings. The number of nitrogens with one attached hydrogen (secondary N) is 1. The number of carboxylic acids is 1. The second-order valence-electron chi connectivity index (χ2n) is 5.36. The Labute approximate surface area is 130 Å². The molecule has 22 heavy (non-hydrogen) atoms. The molecule has 0 fully saturated rings. The molecular formula is C15H21NO5S. The van der Waals surface area contributed by atoms with Gasteiger partial charge < -0.3 is 10.4 Å². The Bertz CT molecular complexity index is 667. The van der Waals surface area contributed by atoms with Gasteiger partial charge in [-0.05, 0) is 37.0 Å². The standard InChI is InChI=1S/C15H21NO5S/c1-10-6-4-7-12(11(10)2)14(15(18)19)16-13(17)8-5-9-22(3,20)21/h4,6-7,14H,5,8-9H2,1-3H3,(H,16,17)(H,18,19). The number of carboxylic acid groups (broad SMARTS) is 1. The van der Waals surface area contributed by atoms with Gasteiger partial charge in [-0.15, -0.1) is 0 Å². The van der Waals surface area contributed by atoms with E-state index in [0.29, 0.717) is 5.56 Å². The van der Waals surface area contributed by atoms with Crippen LogP contribution < -0.4 is 5.32 Å². The van der Waals surface area contributed by atoms with Crippen LogP contribution >= 0.6 is 0 Å². The van der Waals surface area contributed by atoms with Gasteiger partial charge in [0.05, 0.1) is 5.75 Å². The summed E-state index contributed by atoms with van der Waals surface area (Å²) in [6, 6.07) is 4.14. The fourth-order valence-electron chi connectivity index (χ4n) is 2.09. The molecule has 0 bridgehead atoms. The lowest BCUT2D eigenvalue weighted by Crippen LogP contribution is -2.34.